The Labute approximate surface area is 222 Å². The zero-order valence-electron chi connectivity index (χ0n) is 20.5. The first-order chi connectivity index (χ1) is 18.4. The molecule has 0 saturated carbocycles. The molecule has 206 valence electrons. The van der Waals surface area contributed by atoms with E-state index in [2.05, 4.69) is 4.98 Å². The summed E-state index contributed by atoms with van der Waals surface area (Å²) < 4.78 is 83.5. The average molecular weight is 565 g/mol. The van der Waals surface area contributed by atoms with Gasteiger partial charge in [-0.3, -0.25) is 14.0 Å². The standard InChI is InChI=1S/C26H24F4N4O4S/c27-22-7-2-1-6-21(22)17-12-23-25(31-14-17)33-11-10-32(9-8-24(35)36)15-19(33)16-34(23)39(37,38)20-5-3-4-18(13-20)26(28,29)30/h1-7,12-14,19H,8-11,15-16H2,(H,35,36)/t19-/m0/s1. The predicted octanol–water partition coefficient (Wildman–Crippen LogP) is 4.08. The zero-order valence-corrected chi connectivity index (χ0v) is 21.3. The van der Waals surface area contributed by atoms with Crippen molar-refractivity contribution >= 4 is 27.5 Å². The van der Waals surface area contributed by atoms with E-state index in [1.54, 1.807) is 6.07 Å². The van der Waals surface area contributed by atoms with Crippen LogP contribution >= 0.6 is 0 Å². The Morgan fingerprint density at radius 2 is 1.82 bits per heavy atom. The number of carboxylic acid groups (broad SMARTS) is 1. The molecule has 8 nitrogen and oxygen atoms in total. The van der Waals surface area contributed by atoms with Crippen LogP contribution in [0.15, 0.2) is 65.7 Å². The Kier molecular flexibility index (Phi) is 6.97. The highest BCUT2D eigenvalue weighted by Gasteiger charge is 2.41. The second-order valence-electron chi connectivity index (χ2n) is 9.40. The number of alkyl halides is 3. The summed E-state index contributed by atoms with van der Waals surface area (Å²) in [5.41, 5.74) is -0.457. The summed E-state index contributed by atoms with van der Waals surface area (Å²) >= 11 is 0. The van der Waals surface area contributed by atoms with Crippen molar-refractivity contribution in [2.24, 2.45) is 0 Å². The number of hydrogen-bond acceptors (Lipinski definition) is 6. The Bertz CT molecular complexity index is 1520. The van der Waals surface area contributed by atoms with Crippen LogP contribution in [0.25, 0.3) is 11.1 Å². The fraction of sp³-hybridized carbons (Fsp3) is 0.308. The lowest BCUT2D eigenvalue weighted by Crippen LogP contribution is -2.61. The van der Waals surface area contributed by atoms with Gasteiger partial charge in [0.1, 0.15) is 5.82 Å². The number of sulfonamides is 1. The van der Waals surface area contributed by atoms with E-state index in [0.29, 0.717) is 37.1 Å². The van der Waals surface area contributed by atoms with E-state index in [1.165, 1.54) is 30.5 Å². The van der Waals surface area contributed by atoms with Gasteiger partial charge in [0.05, 0.1) is 35.2 Å². The van der Waals surface area contributed by atoms with E-state index < -0.39 is 44.5 Å². The van der Waals surface area contributed by atoms with Crippen LogP contribution < -0.4 is 9.21 Å². The third-order valence-corrected chi connectivity index (χ3v) is 8.68. The molecule has 2 aliphatic heterocycles. The molecule has 1 saturated heterocycles. The van der Waals surface area contributed by atoms with E-state index >= 15 is 0 Å². The van der Waals surface area contributed by atoms with Crippen molar-refractivity contribution < 1.29 is 35.9 Å². The number of carboxylic acids is 1. The molecule has 1 aromatic heterocycles. The molecule has 1 atom stereocenters. The molecular formula is C26H24F4N4O4S. The molecule has 3 heterocycles. The quantitative estimate of drug-likeness (QED) is 0.451. The van der Waals surface area contributed by atoms with Crippen LogP contribution in [0.1, 0.15) is 12.0 Å². The minimum Gasteiger partial charge on any atom is -0.481 e. The van der Waals surface area contributed by atoms with E-state index in [0.717, 1.165) is 22.5 Å². The largest absolute Gasteiger partial charge is 0.481 e. The number of benzene rings is 2. The number of fused-ring (bicyclic) bond motifs is 3. The molecule has 0 amide bonds. The SMILES string of the molecule is O=C(O)CCN1CCN2c3ncc(-c4ccccc4F)cc3N(S(=O)(=O)c3cccc(C(F)(F)F)c3)C[C@@H]2C1. The molecule has 0 bridgehead atoms. The number of carbonyl (C=O) groups is 1. The van der Waals surface area contributed by atoms with Crippen LogP contribution in [0.3, 0.4) is 0 Å². The molecule has 39 heavy (non-hydrogen) atoms. The molecule has 0 aliphatic carbocycles. The van der Waals surface area contributed by atoms with Crippen molar-refractivity contribution in [3.8, 4) is 11.1 Å². The molecular weight excluding hydrogens is 540 g/mol. The number of nitrogens with zero attached hydrogens (tertiary/aromatic N) is 4. The van der Waals surface area contributed by atoms with Gasteiger partial charge in [-0.25, -0.2) is 17.8 Å². The molecule has 0 unspecified atom stereocenters. The molecule has 0 radical (unpaired) electrons. The number of rotatable bonds is 6. The second kappa shape index (κ2) is 10.1. The maximum absolute atomic E-state index is 14.6. The number of aliphatic carboxylic acids is 1. The Morgan fingerprint density at radius 3 is 2.54 bits per heavy atom. The van der Waals surface area contributed by atoms with Crippen LogP contribution in [0.2, 0.25) is 0 Å². The molecule has 2 aromatic carbocycles. The monoisotopic (exact) mass is 564 g/mol. The van der Waals surface area contributed by atoms with Crippen molar-refractivity contribution in [1.29, 1.82) is 0 Å². The maximum atomic E-state index is 14.6. The van der Waals surface area contributed by atoms with Crippen molar-refractivity contribution in [2.75, 3.05) is 41.9 Å². The van der Waals surface area contributed by atoms with Gasteiger partial charge in [-0.2, -0.15) is 13.2 Å². The fourth-order valence-corrected chi connectivity index (χ4v) is 6.52. The highest BCUT2D eigenvalue weighted by Crippen LogP contribution is 2.41. The molecule has 5 rings (SSSR count). The van der Waals surface area contributed by atoms with E-state index in [-0.39, 0.29) is 30.8 Å². The average Bonchev–Trinajstić information content (AvgIpc) is 2.90. The molecule has 3 aromatic rings. The normalized spacial score (nSPS) is 18.0. The first kappa shape index (κ1) is 26.9. The summed E-state index contributed by atoms with van der Waals surface area (Å²) in [6, 6.07) is 10.5. The van der Waals surface area contributed by atoms with Gasteiger partial charge in [-0.05, 0) is 30.3 Å². The lowest BCUT2D eigenvalue weighted by atomic mass is 10.0. The summed E-state index contributed by atoms with van der Waals surface area (Å²) in [4.78, 5) is 18.8. The highest BCUT2D eigenvalue weighted by atomic mass is 32.2. The van der Waals surface area contributed by atoms with E-state index in [9.17, 15) is 30.8 Å². The third kappa shape index (κ3) is 5.28. The molecule has 2 aliphatic rings. The van der Waals surface area contributed by atoms with Crippen LogP contribution in [-0.2, 0) is 21.0 Å². The van der Waals surface area contributed by atoms with Gasteiger partial charge in [0.2, 0.25) is 0 Å². The van der Waals surface area contributed by atoms with Crippen LogP contribution in [0, 0.1) is 5.82 Å². The number of piperazine rings is 1. The van der Waals surface area contributed by atoms with Crippen LogP contribution in [0.4, 0.5) is 29.1 Å². The van der Waals surface area contributed by atoms with E-state index in [4.69, 9.17) is 5.11 Å². The van der Waals surface area contributed by atoms with Gasteiger partial charge in [0, 0.05) is 43.5 Å². The maximum Gasteiger partial charge on any atom is 0.416 e. The Morgan fingerprint density at radius 1 is 1.05 bits per heavy atom. The lowest BCUT2D eigenvalue weighted by molar-refractivity contribution is -0.138. The summed E-state index contributed by atoms with van der Waals surface area (Å²) in [6.45, 7) is 1.43. The summed E-state index contributed by atoms with van der Waals surface area (Å²) in [6.07, 6.45) is -3.39. The summed E-state index contributed by atoms with van der Waals surface area (Å²) in [5, 5.41) is 9.06. The summed E-state index contributed by atoms with van der Waals surface area (Å²) in [5.74, 6) is -1.19. The zero-order chi connectivity index (χ0) is 27.9. The minimum atomic E-state index is -4.74. The van der Waals surface area contributed by atoms with Crippen molar-refractivity contribution in [1.82, 2.24) is 9.88 Å². The second-order valence-corrected chi connectivity index (χ2v) is 11.3. The van der Waals surface area contributed by atoms with Crippen LogP contribution in [0.5, 0.6) is 0 Å². The van der Waals surface area contributed by atoms with Crippen LogP contribution in [-0.4, -0.2) is 68.1 Å². The van der Waals surface area contributed by atoms with Gasteiger partial charge in [-0.1, -0.05) is 24.3 Å². The number of halogens is 4. The highest BCUT2D eigenvalue weighted by molar-refractivity contribution is 7.92. The Hall–Kier alpha value is -3.71. The smallest absolute Gasteiger partial charge is 0.416 e. The number of pyridine rings is 1. The Balaban J connectivity index is 1.60. The van der Waals surface area contributed by atoms with Gasteiger partial charge in [0.15, 0.2) is 5.82 Å². The van der Waals surface area contributed by atoms with Crippen molar-refractivity contribution in [2.45, 2.75) is 23.5 Å². The molecule has 0 spiro atoms. The van der Waals surface area contributed by atoms with Gasteiger partial charge in [0.25, 0.3) is 10.0 Å². The molecule has 1 fully saturated rings. The van der Waals surface area contributed by atoms with Crippen molar-refractivity contribution in [3.05, 3.63) is 72.2 Å². The third-order valence-electron chi connectivity index (χ3n) is 6.91. The molecule has 13 heteroatoms. The number of anilines is 2. The fourth-order valence-electron chi connectivity index (χ4n) is 4.98. The minimum absolute atomic E-state index is 0.0835. The van der Waals surface area contributed by atoms with Gasteiger partial charge < -0.3 is 10.0 Å². The topological polar surface area (TPSA) is 94.1 Å². The van der Waals surface area contributed by atoms with E-state index in [1.807, 2.05) is 9.80 Å². The number of hydrogen-bond donors (Lipinski definition) is 1. The molecule has 1 N–H and O–H groups in total. The predicted molar refractivity (Wildman–Crippen MR) is 135 cm³/mol. The van der Waals surface area contributed by atoms with Gasteiger partial charge in [-0.15, -0.1) is 0 Å². The first-order valence-corrected chi connectivity index (χ1v) is 13.5. The number of aromatic nitrogens is 1. The summed E-state index contributed by atoms with van der Waals surface area (Å²) in [7, 11) is -4.50. The first-order valence-electron chi connectivity index (χ1n) is 12.1. The lowest BCUT2D eigenvalue weighted by Gasteiger charge is -2.48. The van der Waals surface area contributed by atoms with Gasteiger partial charge >= 0.3 is 12.1 Å². The van der Waals surface area contributed by atoms with Crippen molar-refractivity contribution in [3.63, 3.8) is 0 Å².